The number of aromatic nitrogens is 1. The lowest BCUT2D eigenvalue weighted by Gasteiger charge is -1.79. The Labute approximate surface area is 81.4 Å². The normalized spacial score (nSPS) is 14.2. The van der Waals surface area contributed by atoms with E-state index in [1.807, 2.05) is 0 Å². The van der Waals surface area contributed by atoms with Gasteiger partial charge in [-0.05, 0) is 25.0 Å². The first kappa shape index (κ1) is 9.99. The lowest BCUT2D eigenvalue weighted by atomic mass is 10.5. The number of carbonyl (C=O) groups is 1. The molecular weight excluding hydrogens is 190 g/mol. The number of hydrogen-bond acceptors (Lipinski definition) is 2. The maximum absolute atomic E-state index is 9.76. The molecule has 0 aliphatic heterocycles. The summed E-state index contributed by atoms with van der Waals surface area (Å²) in [7, 11) is 0. The standard InChI is InChI=1S/C5H4ClN.C4H6O2/c6-5-2-1-3-7-4-5;5-4(6)3-1-2-3/h1-4H;3H,1-2H2,(H,5,6). The van der Waals surface area contributed by atoms with Crippen LogP contribution in [-0.2, 0) is 4.79 Å². The highest BCUT2D eigenvalue weighted by molar-refractivity contribution is 6.30. The molecule has 1 heterocycles. The third-order valence-corrected chi connectivity index (χ3v) is 1.78. The van der Waals surface area contributed by atoms with E-state index in [2.05, 4.69) is 4.98 Å². The van der Waals surface area contributed by atoms with Crippen molar-refractivity contribution in [3.05, 3.63) is 29.5 Å². The molecule has 0 saturated heterocycles. The molecule has 0 unspecified atom stereocenters. The molecule has 1 N–H and O–H groups in total. The van der Waals surface area contributed by atoms with Gasteiger partial charge in [0.25, 0.3) is 0 Å². The van der Waals surface area contributed by atoms with Crippen LogP contribution in [0, 0.1) is 5.92 Å². The van der Waals surface area contributed by atoms with E-state index in [4.69, 9.17) is 16.7 Å². The molecule has 0 atom stereocenters. The smallest absolute Gasteiger partial charge is 0.306 e. The summed E-state index contributed by atoms with van der Waals surface area (Å²) in [5.74, 6) is -0.611. The Balaban J connectivity index is 0.000000132. The van der Waals surface area contributed by atoms with Crippen LogP contribution in [0.3, 0.4) is 0 Å². The summed E-state index contributed by atoms with van der Waals surface area (Å²) in [6, 6.07) is 3.58. The van der Waals surface area contributed by atoms with Gasteiger partial charge in [0.15, 0.2) is 0 Å². The van der Waals surface area contributed by atoms with Crippen molar-refractivity contribution in [1.29, 1.82) is 0 Å². The fourth-order valence-corrected chi connectivity index (χ4v) is 0.801. The van der Waals surface area contributed by atoms with E-state index in [1.54, 1.807) is 24.5 Å². The van der Waals surface area contributed by atoms with Gasteiger partial charge in [-0.3, -0.25) is 9.78 Å². The summed E-state index contributed by atoms with van der Waals surface area (Å²) >= 11 is 5.48. The number of carboxylic acid groups (broad SMARTS) is 1. The van der Waals surface area contributed by atoms with Crippen molar-refractivity contribution in [3.8, 4) is 0 Å². The maximum Gasteiger partial charge on any atom is 0.306 e. The van der Waals surface area contributed by atoms with Crippen LogP contribution < -0.4 is 0 Å². The molecule has 0 spiro atoms. The largest absolute Gasteiger partial charge is 0.481 e. The maximum atomic E-state index is 9.76. The van der Waals surface area contributed by atoms with Crippen LogP contribution in [0.25, 0.3) is 0 Å². The second-order valence-electron chi connectivity index (χ2n) is 2.78. The van der Waals surface area contributed by atoms with Crippen molar-refractivity contribution in [2.24, 2.45) is 5.92 Å². The zero-order chi connectivity index (χ0) is 9.68. The Morgan fingerprint density at radius 3 is 2.46 bits per heavy atom. The molecule has 1 aromatic rings. The van der Waals surface area contributed by atoms with Crippen molar-refractivity contribution in [3.63, 3.8) is 0 Å². The summed E-state index contributed by atoms with van der Waals surface area (Å²) < 4.78 is 0. The first-order valence-corrected chi connectivity index (χ1v) is 4.36. The van der Waals surface area contributed by atoms with Gasteiger partial charge >= 0.3 is 5.97 Å². The van der Waals surface area contributed by atoms with Crippen molar-refractivity contribution >= 4 is 17.6 Å². The summed E-state index contributed by atoms with van der Waals surface area (Å²) in [5, 5.41) is 8.74. The summed E-state index contributed by atoms with van der Waals surface area (Å²) in [6.07, 6.45) is 5.08. The van der Waals surface area contributed by atoms with Crippen molar-refractivity contribution in [2.45, 2.75) is 12.8 Å². The van der Waals surface area contributed by atoms with Crippen molar-refractivity contribution in [2.75, 3.05) is 0 Å². The van der Waals surface area contributed by atoms with Gasteiger partial charge in [0, 0.05) is 12.4 Å². The molecule has 3 nitrogen and oxygen atoms in total. The van der Waals surface area contributed by atoms with E-state index in [0.29, 0.717) is 5.02 Å². The average Bonchev–Trinajstić information content (AvgIpc) is 2.88. The van der Waals surface area contributed by atoms with Crippen LogP contribution in [0.2, 0.25) is 5.02 Å². The van der Waals surface area contributed by atoms with E-state index in [0.717, 1.165) is 12.8 Å². The first-order chi connectivity index (χ1) is 6.20. The van der Waals surface area contributed by atoms with Gasteiger partial charge in [-0.25, -0.2) is 0 Å². The third-order valence-electron chi connectivity index (χ3n) is 1.55. The summed E-state index contributed by atoms with van der Waals surface area (Å²) in [5.41, 5.74) is 0. The highest BCUT2D eigenvalue weighted by Crippen LogP contribution is 2.28. The zero-order valence-electron chi connectivity index (χ0n) is 6.98. The lowest BCUT2D eigenvalue weighted by molar-refractivity contribution is -0.138. The monoisotopic (exact) mass is 199 g/mol. The lowest BCUT2D eigenvalue weighted by Crippen LogP contribution is -1.94. The predicted octanol–water partition coefficient (Wildman–Crippen LogP) is 2.22. The van der Waals surface area contributed by atoms with Gasteiger partial charge in [-0.2, -0.15) is 0 Å². The van der Waals surface area contributed by atoms with Crippen LogP contribution >= 0.6 is 11.6 Å². The number of aliphatic carboxylic acids is 1. The molecule has 1 fully saturated rings. The van der Waals surface area contributed by atoms with Gasteiger partial charge in [0.2, 0.25) is 0 Å². The van der Waals surface area contributed by atoms with Crippen molar-refractivity contribution in [1.82, 2.24) is 4.98 Å². The number of hydrogen-bond donors (Lipinski definition) is 1. The average molecular weight is 200 g/mol. The topological polar surface area (TPSA) is 50.2 Å². The molecule has 1 aromatic heterocycles. The second-order valence-corrected chi connectivity index (χ2v) is 3.22. The van der Waals surface area contributed by atoms with Gasteiger partial charge in [0.1, 0.15) is 0 Å². The molecule has 4 heteroatoms. The molecule has 70 valence electrons. The van der Waals surface area contributed by atoms with E-state index in [9.17, 15) is 4.79 Å². The number of rotatable bonds is 1. The summed E-state index contributed by atoms with van der Waals surface area (Å²) in [4.78, 5) is 13.5. The molecule has 0 bridgehead atoms. The second kappa shape index (κ2) is 4.82. The predicted molar refractivity (Wildman–Crippen MR) is 49.6 cm³/mol. The van der Waals surface area contributed by atoms with Gasteiger partial charge in [-0.15, -0.1) is 0 Å². The van der Waals surface area contributed by atoms with E-state index in [1.165, 1.54) is 0 Å². The van der Waals surface area contributed by atoms with E-state index >= 15 is 0 Å². The Kier molecular flexibility index (Phi) is 3.71. The fraction of sp³-hybridized carbons (Fsp3) is 0.333. The zero-order valence-corrected chi connectivity index (χ0v) is 7.74. The minimum Gasteiger partial charge on any atom is -0.481 e. The summed E-state index contributed by atoms with van der Waals surface area (Å²) in [6.45, 7) is 0. The Bertz CT molecular complexity index is 272. The SMILES string of the molecule is Clc1cccnc1.O=C(O)C1CC1. The molecule has 1 aliphatic rings. The van der Waals surface area contributed by atoms with Crippen LogP contribution in [0.15, 0.2) is 24.5 Å². The third kappa shape index (κ3) is 4.48. The highest BCUT2D eigenvalue weighted by atomic mass is 35.5. The molecule has 0 radical (unpaired) electrons. The molecule has 2 rings (SSSR count). The van der Waals surface area contributed by atoms with Crippen LogP contribution in [0.1, 0.15) is 12.8 Å². The van der Waals surface area contributed by atoms with Gasteiger partial charge in [0.05, 0.1) is 10.9 Å². The highest BCUT2D eigenvalue weighted by Gasteiger charge is 2.28. The molecule has 1 saturated carbocycles. The van der Waals surface area contributed by atoms with E-state index < -0.39 is 5.97 Å². The molecule has 13 heavy (non-hydrogen) atoms. The van der Waals surface area contributed by atoms with Crippen LogP contribution in [-0.4, -0.2) is 16.1 Å². The van der Waals surface area contributed by atoms with Crippen molar-refractivity contribution < 1.29 is 9.90 Å². The first-order valence-electron chi connectivity index (χ1n) is 3.98. The Hall–Kier alpha value is -1.09. The van der Waals surface area contributed by atoms with E-state index in [-0.39, 0.29) is 5.92 Å². The molecule has 0 aromatic carbocycles. The minimum atomic E-state index is -0.630. The fourth-order valence-electron chi connectivity index (χ4n) is 0.672. The van der Waals surface area contributed by atoms with Gasteiger partial charge < -0.3 is 5.11 Å². The number of pyridine rings is 1. The number of carboxylic acids is 1. The molecular formula is C9H10ClNO2. The Morgan fingerprint density at radius 1 is 1.62 bits per heavy atom. The molecule has 1 aliphatic carbocycles. The minimum absolute atomic E-state index is 0.0185. The van der Waals surface area contributed by atoms with Crippen LogP contribution in [0.4, 0.5) is 0 Å². The quantitative estimate of drug-likeness (QED) is 0.755. The number of halogens is 1. The van der Waals surface area contributed by atoms with Gasteiger partial charge in [-0.1, -0.05) is 11.6 Å². The Morgan fingerprint density at radius 2 is 2.31 bits per heavy atom. The molecule has 0 amide bonds. The number of nitrogens with zero attached hydrogens (tertiary/aromatic N) is 1. The van der Waals surface area contributed by atoms with Crippen LogP contribution in [0.5, 0.6) is 0 Å².